The maximum absolute atomic E-state index is 11.4. The first-order chi connectivity index (χ1) is 7.02. The van der Waals surface area contributed by atoms with Crippen LogP contribution in [0.3, 0.4) is 0 Å². The van der Waals surface area contributed by atoms with Crippen LogP contribution in [0.5, 0.6) is 0 Å². The number of aryl methyl sites for hydroxylation is 1. The number of Topliss-reactive ketones (excluding diaryl/α,β-unsaturated/α-hetero) is 1. The molecule has 0 aliphatic carbocycles. The largest absolute Gasteiger partial charge is 0.345 e. The number of H-pyrrole nitrogens is 1. The third-order valence-corrected chi connectivity index (χ3v) is 3.17. The SMILES string of the molecule is CC(=O)c1c(Cl)[nH]c2c(C)c(Cl)ccc12. The number of ketones is 1. The van der Waals surface area contributed by atoms with Gasteiger partial charge in [-0.05, 0) is 25.5 Å². The van der Waals surface area contributed by atoms with Crippen molar-refractivity contribution in [1.29, 1.82) is 0 Å². The first kappa shape index (κ1) is 10.5. The van der Waals surface area contributed by atoms with Crippen LogP contribution < -0.4 is 0 Å². The van der Waals surface area contributed by atoms with Gasteiger partial charge in [-0.3, -0.25) is 4.79 Å². The quantitative estimate of drug-likeness (QED) is 0.753. The molecular formula is C11H9Cl2NO. The molecule has 0 amide bonds. The molecule has 4 heteroatoms. The standard InChI is InChI=1S/C11H9Cl2NO/c1-5-8(12)4-3-7-9(6(2)15)11(13)14-10(5)7/h3-4,14H,1-2H3. The predicted molar refractivity (Wildman–Crippen MR) is 63.1 cm³/mol. The fraction of sp³-hybridized carbons (Fsp3) is 0.182. The molecule has 78 valence electrons. The Balaban J connectivity index is 2.91. The van der Waals surface area contributed by atoms with Crippen LogP contribution in [0.1, 0.15) is 22.8 Å². The van der Waals surface area contributed by atoms with E-state index >= 15 is 0 Å². The Hall–Kier alpha value is -0.990. The molecule has 1 aromatic heterocycles. The van der Waals surface area contributed by atoms with Crippen molar-refractivity contribution in [3.63, 3.8) is 0 Å². The number of aromatic amines is 1. The Morgan fingerprint density at radius 3 is 2.60 bits per heavy atom. The zero-order valence-corrected chi connectivity index (χ0v) is 9.83. The fourth-order valence-corrected chi connectivity index (χ4v) is 2.18. The van der Waals surface area contributed by atoms with E-state index in [0.717, 1.165) is 16.5 Å². The summed E-state index contributed by atoms with van der Waals surface area (Å²) in [6, 6.07) is 3.58. The van der Waals surface area contributed by atoms with E-state index < -0.39 is 0 Å². The molecular weight excluding hydrogens is 233 g/mol. The Labute approximate surface area is 97.2 Å². The van der Waals surface area contributed by atoms with Crippen molar-refractivity contribution in [2.75, 3.05) is 0 Å². The highest BCUT2D eigenvalue weighted by Gasteiger charge is 2.15. The van der Waals surface area contributed by atoms with Gasteiger partial charge in [0.1, 0.15) is 5.15 Å². The summed E-state index contributed by atoms with van der Waals surface area (Å²) in [5.74, 6) is -0.0482. The number of benzene rings is 1. The molecule has 0 saturated carbocycles. The summed E-state index contributed by atoms with van der Waals surface area (Å²) in [4.78, 5) is 14.4. The van der Waals surface area contributed by atoms with Gasteiger partial charge in [-0.1, -0.05) is 29.3 Å². The summed E-state index contributed by atoms with van der Waals surface area (Å²) in [5, 5.41) is 1.87. The maximum Gasteiger partial charge on any atom is 0.163 e. The zero-order chi connectivity index (χ0) is 11.2. The lowest BCUT2D eigenvalue weighted by atomic mass is 10.1. The minimum Gasteiger partial charge on any atom is -0.345 e. The van der Waals surface area contributed by atoms with E-state index in [2.05, 4.69) is 4.98 Å². The minimum atomic E-state index is -0.0482. The van der Waals surface area contributed by atoms with Crippen molar-refractivity contribution < 1.29 is 4.79 Å². The van der Waals surface area contributed by atoms with Crippen molar-refractivity contribution in [2.45, 2.75) is 13.8 Å². The van der Waals surface area contributed by atoms with Gasteiger partial charge in [0.2, 0.25) is 0 Å². The number of hydrogen-bond donors (Lipinski definition) is 1. The summed E-state index contributed by atoms with van der Waals surface area (Å²) in [6.45, 7) is 3.39. The van der Waals surface area contributed by atoms with Gasteiger partial charge in [0, 0.05) is 10.4 Å². The lowest BCUT2D eigenvalue weighted by Crippen LogP contribution is -1.90. The summed E-state index contributed by atoms with van der Waals surface area (Å²) in [7, 11) is 0. The monoisotopic (exact) mass is 241 g/mol. The van der Waals surface area contributed by atoms with Crippen molar-refractivity contribution >= 4 is 39.9 Å². The Bertz CT molecular complexity index is 557. The fourth-order valence-electron chi connectivity index (χ4n) is 1.69. The molecule has 0 radical (unpaired) electrons. The average Bonchev–Trinajstić information content (AvgIpc) is 2.49. The number of hydrogen-bond acceptors (Lipinski definition) is 1. The topological polar surface area (TPSA) is 32.9 Å². The van der Waals surface area contributed by atoms with E-state index in [1.54, 1.807) is 6.07 Å². The Morgan fingerprint density at radius 1 is 1.33 bits per heavy atom. The first-order valence-electron chi connectivity index (χ1n) is 4.49. The van der Waals surface area contributed by atoms with Crippen molar-refractivity contribution in [3.8, 4) is 0 Å². The van der Waals surface area contributed by atoms with Gasteiger partial charge in [-0.2, -0.15) is 0 Å². The molecule has 2 nitrogen and oxygen atoms in total. The van der Waals surface area contributed by atoms with Crippen LogP contribution in [0.15, 0.2) is 12.1 Å². The summed E-state index contributed by atoms with van der Waals surface area (Å²) >= 11 is 11.9. The highest BCUT2D eigenvalue weighted by Crippen LogP contribution is 2.31. The van der Waals surface area contributed by atoms with Crippen LogP contribution >= 0.6 is 23.2 Å². The highest BCUT2D eigenvalue weighted by molar-refractivity contribution is 6.36. The minimum absolute atomic E-state index is 0.0482. The molecule has 0 aliphatic rings. The number of carbonyl (C=O) groups is 1. The van der Waals surface area contributed by atoms with Gasteiger partial charge in [0.05, 0.1) is 11.1 Å². The average molecular weight is 242 g/mol. The number of fused-ring (bicyclic) bond motifs is 1. The van der Waals surface area contributed by atoms with Crippen LogP contribution in [0.2, 0.25) is 10.2 Å². The summed E-state index contributed by atoms with van der Waals surface area (Å²) in [6.07, 6.45) is 0. The summed E-state index contributed by atoms with van der Waals surface area (Å²) in [5.41, 5.74) is 2.27. The van der Waals surface area contributed by atoms with Gasteiger partial charge in [-0.25, -0.2) is 0 Å². The van der Waals surface area contributed by atoms with E-state index in [1.165, 1.54) is 6.92 Å². The molecule has 0 saturated heterocycles. The number of carbonyl (C=O) groups excluding carboxylic acids is 1. The third kappa shape index (κ3) is 1.54. The Kier molecular flexibility index (Phi) is 2.49. The number of halogens is 2. The van der Waals surface area contributed by atoms with Crippen LogP contribution in [-0.4, -0.2) is 10.8 Å². The van der Waals surface area contributed by atoms with E-state index in [0.29, 0.717) is 15.7 Å². The first-order valence-corrected chi connectivity index (χ1v) is 5.25. The van der Waals surface area contributed by atoms with Crippen molar-refractivity contribution in [3.05, 3.63) is 33.4 Å². The molecule has 1 aromatic carbocycles. The van der Waals surface area contributed by atoms with Crippen LogP contribution in [0.4, 0.5) is 0 Å². The van der Waals surface area contributed by atoms with Crippen LogP contribution in [0.25, 0.3) is 10.9 Å². The zero-order valence-electron chi connectivity index (χ0n) is 8.32. The van der Waals surface area contributed by atoms with E-state index in [1.807, 2.05) is 13.0 Å². The van der Waals surface area contributed by atoms with Gasteiger partial charge < -0.3 is 4.98 Å². The van der Waals surface area contributed by atoms with E-state index in [4.69, 9.17) is 23.2 Å². The van der Waals surface area contributed by atoms with Crippen molar-refractivity contribution in [2.24, 2.45) is 0 Å². The molecule has 15 heavy (non-hydrogen) atoms. The second kappa shape index (κ2) is 3.54. The molecule has 1 heterocycles. The third-order valence-electron chi connectivity index (χ3n) is 2.47. The number of nitrogens with one attached hydrogen (secondary N) is 1. The van der Waals surface area contributed by atoms with Crippen LogP contribution in [-0.2, 0) is 0 Å². The van der Waals surface area contributed by atoms with Gasteiger partial charge in [0.25, 0.3) is 0 Å². The molecule has 0 spiro atoms. The maximum atomic E-state index is 11.4. The number of aromatic nitrogens is 1. The molecule has 0 atom stereocenters. The molecule has 0 aliphatic heterocycles. The summed E-state index contributed by atoms with van der Waals surface area (Å²) < 4.78 is 0. The molecule has 0 fully saturated rings. The second-order valence-electron chi connectivity index (χ2n) is 3.47. The van der Waals surface area contributed by atoms with Gasteiger partial charge >= 0.3 is 0 Å². The normalized spacial score (nSPS) is 10.9. The molecule has 2 aromatic rings. The lowest BCUT2D eigenvalue weighted by Gasteiger charge is -1.99. The molecule has 0 bridgehead atoms. The van der Waals surface area contributed by atoms with Gasteiger partial charge in [-0.15, -0.1) is 0 Å². The number of rotatable bonds is 1. The van der Waals surface area contributed by atoms with Crippen molar-refractivity contribution in [1.82, 2.24) is 4.98 Å². The van der Waals surface area contributed by atoms with Crippen LogP contribution in [0, 0.1) is 6.92 Å². The molecule has 0 unspecified atom stereocenters. The second-order valence-corrected chi connectivity index (χ2v) is 4.25. The molecule has 1 N–H and O–H groups in total. The van der Waals surface area contributed by atoms with E-state index in [9.17, 15) is 4.79 Å². The molecule has 2 rings (SSSR count). The highest BCUT2D eigenvalue weighted by atomic mass is 35.5. The smallest absolute Gasteiger partial charge is 0.163 e. The Morgan fingerprint density at radius 2 is 2.00 bits per heavy atom. The van der Waals surface area contributed by atoms with E-state index in [-0.39, 0.29) is 5.78 Å². The van der Waals surface area contributed by atoms with Gasteiger partial charge in [0.15, 0.2) is 5.78 Å². The predicted octanol–water partition coefficient (Wildman–Crippen LogP) is 3.99. The lowest BCUT2D eigenvalue weighted by molar-refractivity contribution is 0.101.